The highest BCUT2D eigenvalue weighted by atomic mass is 14.0. The summed E-state index contributed by atoms with van der Waals surface area (Å²) in [5.41, 5.74) is 1.05. The summed E-state index contributed by atoms with van der Waals surface area (Å²) in [4.78, 5) is 0. The fraction of sp³-hybridized carbons (Fsp3) is 0.222. The summed E-state index contributed by atoms with van der Waals surface area (Å²) in [7, 11) is 0. The van der Waals surface area contributed by atoms with Gasteiger partial charge >= 0.3 is 0 Å². The van der Waals surface area contributed by atoms with Gasteiger partial charge in [0, 0.05) is 11.0 Å². The summed E-state index contributed by atoms with van der Waals surface area (Å²) in [5.74, 6) is 12.1. The molecule has 0 amide bonds. The van der Waals surface area contributed by atoms with Gasteiger partial charge in [-0.1, -0.05) is 48.2 Å². The van der Waals surface area contributed by atoms with Crippen LogP contribution in [0.25, 0.3) is 10.8 Å². The zero-order valence-electron chi connectivity index (χ0n) is 11.0. The van der Waals surface area contributed by atoms with Crippen LogP contribution in [-0.2, 0) is 0 Å². The molecule has 0 aromatic heterocycles. The maximum absolute atomic E-state index is 3.14. The molecule has 0 unspecified atom stereocenters. The lowest BCUT2D eigenvalue weighted by atomic mass is 9.98. The SMILES string of the molecule is CC(C)(C)C#CC#Cc1cccc2ccccc12. The molecule has 2 aromatic carbocycles. The van der Waals surface area contributed by atoms with Gasteiger partial charge in [-0.2, -0.15) is 0 Å². The molecule has 0 fully saturated rings. The van der Waals surface area contributed by atoms with Crippen molar-refractivity contribution in [3.05, 3.63) is 48.0 Å². The van der Waals surface area contributed by atoms with E-state index >= 15 is 0 Å². The van der Waals surface area contributed by atoms with Gasteiger partial charge in [0.2, 0.25) is 0 Å². The van der Waals surface area contributed by atoms with Gasteiger partial charge in [-0.05, 0) is 49.5 Å². The Bertz CT molecular complexity index is 672. The molecule has 0 radical (unpaired) electrons. The largest absolute Gasteiger partial charge is 0.0832 e. The maximum atomic E-state index is 3.14. The minimum atomic E-state index is 0.00738. The zero-order valence-corrected chi connectivity index (χ0v) is 11.0. The lowest BCUT2D eigenvalue weighted by molar-refractivity contribution is 0.571. The summed E-state index contributed by atoms with van der Waals surface area (Å²) in [6.07, 6.45) is 0. The van der Waals surface area contributed by atoms with E-state index in [4.69, 9.17) is 0 Å². The molecule has 0 heteroatoms. The van der Waals surface area contributed by atoms with Crippen molar-refractivity contribution in [3.8, 4) is 23.7 Å². The smallest absolute Gasteiger partial charge is 0.0334 e. The second kappa shape index (κ2) is 4.99. The molecule has 0 aliphatic carbocycles. The summed E-state index contributed by atoms with van der Waals surface area (Å²) in [6, 6.07) is 14.4. The van der Waals surface area contributed by atoms with E-state index in [0.717, 1.165) is 5.56 Å². The van der Waals surface area contributed by atoms with Gasteiger partial charge < -0.3 is 0 Å². The molecule has 18 heavy (non-hydrogen) atoms. The predicted octanol–water partition coefficient (Wildman–Crippen LogP) is 4.24. The van der Waals surface area contributed by atoms with Gasteiger partial charge in [0.1, 0.15) is 0 Å². The summed E-state index contributed by atoms with van der Waals surface area (Å²) in [6.45, 7) is 6.25. The van der Waals surface area contributed by atoms with Gasteiger partial charge in [0.05, 0.1) is 0 Å². The first-order valence-corrected chi connectivity index (χ1v) is 6.07. The van der Waals surface area contributed by atoms with Crippen molar-refractivity contribution in [2.45, 2.75) is 20.8 Å². The normalized spacial score (nSPS) is 10.2. The van der Waals surface area contributed by atoms with E-state index in [2.05, 4.69) is 62.7 Å². The van der Waals surface area contributed by atoms with E-state index in [-0.39, 0.29) is 5.41 Å². The third kappa shape index (κ3) is 3.16. The number of benzene rings is 2. The molecule has 0 spiro atoms. The Morgan fingerprint density at radius 1 is 0.833 bits per heavy atom. The van der Waals surface area contributed by atoms with Gasteiger partial charge in [-0.3, -0.25) is 0 Å². The third-order valence-electron chi connectivity index (χ3n) is 2.49. The molecular formula is C18H16. The van der Waals surface area contributed by atoms with Crippen molar-refractivity contribution < 1.29 is 0 Å². The standard InChI is InChI=1S/C18H16/c1-18(2,3)14-7-6-10-16-12-8-11-15-9-4-5-13-17(15)16/h4-5,8-9,11-13H,1-3H3. The number of rotatable bonds is 0. The Kier molecular flexibility index (Phi) is 3.40. The van der Waals surface area contributed by atoms with Crippen LogP contribution in [0.5, 0.6) is 0 Å². The fourth-order valence-electron chi connectivity index (χ4n) is 1.65. The summed E-state index contributed by atoms with van der Waals surface area (Å²) < 4.78 is 0. The quantitative estimate of drug-likeness (QED) is 0.596. The Morgan fingerprint density at radius 2 is 1.56 bits per heavy atom. The highest BCUT2D eigenvalue weighted by Gasteiger charge is 2.02. The molecule has 2 rings (SSSR count). The monoisotopic (exact) mass is 232 g/mol. The molecule has 0 bridgehead atoms. The van der Waals surface area contributed by atoms with E-state index < -0.39 is 0 Å². The van der Waals surface area contributed by atoms with E-state index in [1.165, 1.54) is 10.8 Å². The van der Waals surface area contributed by atoms with Gasteiger partial charge in [-0.15, -0.1) is 0 Å². The van der Waals surface area contributed by atoms with Crippen LogP contribution in [0, 0.1) is 29.1 Å². The van der Waals surface area contributed by atoms with Crippen molar-refractivity contribution in [2.24, 2.45) is 5.41 Å². The first kappa shape index (κ1) is 12.3. The molecule has 0 atom stereocenters. The maximum Gasteiger partial charge on any atom is 0.0334 e. The minimum Gasteiger partial charge on any atom is -0.0832 e. The lowest BCUT2D eigenvalue weighted by Crippen LogP contribution is -1.98. The highest BCUT2D eigenvalue weighted by Crippen LogP contribution is 2.17. The molecule has 0 aliphatic heterocycles. The van der Waals surface area contributed by atoms with Crippen molar-refractivity contribution in [1.82, 2.24) is 0 Å². The van der Waals surface area contributed by atoms with Crippen LogP contribution < -0.4 is 0 Å². The Balaban J connectivity index is 2.38. The molecule has 0 nitrogen and oxygen atoms in total. The second-order valence-electron chi connectivity index (χ2n) is 5.28. The molecule has 0 heterocycles. The Morgan fingerprint density at radius 3 is 2.33 bits per heavy atom. The number of hydrogen-bond acceptors (Lipinski definition) is 0. The van der Waals surface area contributed by atoms with Crippen LogP contribution in [0.1, 0.15) is 26.3 Å². The van der Waals surface area contributed by atoms with E-state index in [9.17, 15) is 0 Å². The topological polar surface area (TPSA) is 0 Å². The van der Waals surface area contributed by atoms with Gasteiger partial charge in [0.25, 0.3) is 0 Å². The van der Waals surface area contributed by atoms with E-state index in [1.54, 1.807) is 0 Å². The molecule has 2 aromatic rings. The highest BCUT2D eigenvalue weighted by molar-refractivity contribution is 5.88. The van der Waals surface area contributed by atoms with Crippen molar-refractivity contribution in [3.63, 3.8) is 0 Å². The number of fused-ring (bicyclic) bond motifs is 1. The van der Waals surface area contributed by atoms with Crippen LogP contribution in [0.15, 0.2) is 42.5 Å². The van der Waals surface area contributed by atoms with Crippen molar-refractivity contribution >= 4 is 10.8 Å². The van der Waals surface area contributed by atoms with Crippen LogP contribution in [0.4, 0.5) is 0 Å². The zero-order chi connectivity index (χ0) is 13.0. The second-order valence-corrected chi connectivity index (χ2v) is 5.28. The van der Waals surface area contributed by atoms with Crippen molar-refractivity contribution in [1.29, 1.82) is 0 Å². The number of hydrogen-bond donors (Lipinski definition) is 0. The van der Waals surface area contributed by atoms with Crippen LogP contribution >= 0.6 is 0 Å². The van der Waals surface area contributed by atoms with Crippen LogP contribution in [0.2, 0.25) is 0 Å². The first-order chi connectivity index (χ1) is 8.56. The molecule has 0 saturated carbocycles. The Labute approximate surface area is 109 Å². The van der Waals surface area contributed by atoms with Crippen LogP contribution in [-0.4, -0.2) is 0 Å². The summed E-state index contributed by atoms with van der Waals surface area (Å²) >= 11 is 0. The fourth-order valence-corrected chi connectivity index (χ4v) is 1.65. The van der Waals surface area contributed by atoms with Crippen LogP contribution in [0.3, 0.4) is 0 Å². The van der Waals surface area contributed by atoms with E-state index in [1.807, 2.05) is 24.3 Å². The molecule has 88 valence electrons. The van der Waals surface area contributed by atoms with Crippen molar-refractivity contribution in [2.75, 3.05) is 0 Å². The van der Waals surface area contributed by atoms with E-state index in [0.29, 0.717) is 0 Å². The predicted molar refractivity (Wildman–Crippen MR) is 78.1 cm³/mol. The average molecular weight is 232 g/mol. The molecule has 0 aliphatic rings. The van der Waals surface area contributed by atoms with Gasteiger partial charge in [0.15, 0.2) is 0 Å². The summed E-state index contributed by atoms with van der Waals surface area (Å²) in [5, 5.41) is 2.40. The molecular weight excluding hydrogens is 216 g/mol. The molecule has 0 N–H and O–H groups in total. The Hall–Kier alpha value is -2.18. The lowest BCUT2D eigenvalue weighted by Gasteiger charge is -2.05. The first-order valence-electron chi connectivity index (χ1n) is 6.07. The minimum absolute atomic E-state index is 0.00738. The van der Waals surface area contributed by atoms with Gasteiger partial charge in [-0.25, -0.2) is 0 Å². The average Bonchev–Trinajstić information content (AvgIpc) is 2.33. The third-order valence-corrected chi connectivity index (χ3v) is 2.49. The molecule has 0 saturated heterocycles.